The zero-order chi connectivity index (χ0) is 12.3. The average Bonchev–Trinajstić information content (AvgIpc) is 2.26. The fourth-order valence-corrected chi connectivity index (χ4v) is 1.64. The molecular weight excluding hydrogens is 208 g/mol. The Morgan fingerprint density at radius 1 is 1.12 bits per heavy atom. The molecule has 0 bridgehead atoms. The van der Waals surface area contributed by atoms with E-state index in [2.05, 4.69) is 0 Å². The molecule has 0 aliphatic heterocycles. The van der Waals surface area contributed by atoms with E-state index in [1.165, 1.54) is 14.0 Å². The smallest absolute Gasteiger partial charge is 0.128 e. The lowest BCUT2D eigenvalue weighted by molar-refractivity contribution is 0.0286. The van der Waals surface area contributed by atoms with Gasteiger partial charge in [0.1, 0.15) is 17.6 Å². The first-order chi connectivity index (χ1) is 7.51. The fourth-order valence-electron chi connectivity index (χ4n) is 1.64. The number of aliphatic hydroxyl groups excluding tert-OH is 2. The maximum absolute atomic E-state index is 9.88. The molecule has 1 aromatic carbocycles. The number of aryl methyl sites for hydroxylation is 1. The maximum Gasteiger partial charge on any atom is 0.128 e. The van der Waals surface area contributed by atoms with E-state index in [0.29, 0.717) is 17.1 Å². The van der Waals surface area contributed by atoms with Gasteiger partial charge >= 0.3 is 0 Å². The molecule has 90 valence electrons. The Balaban J connectivity index is 3.26. The van der Waals surface area contributed by atoms with Crippen molar-refractivity contribution in [3.8, 4) is 11.5 Å². The number of benzene rings is 1. The van der Waals surface area contributed by atoms with Gasteiger partial charge in [0.15, 0.2) is 0 Å². The number of rotatable bonds is 4. The van der Waals surface area contributed by atoms with Crippen molar-refractivity contribution in [2.45, 2.75) is 26.1 Å². The van der Waals surface area contributed by atoms with E-state index in [0.717, 1.165) is 5.56 Å². The van der Waals surface area contributed by atoms with E-state index >= 15 is 0 Å². The molecule has 0 aliphatic rings. The molecule has 16 heavy (non-hydrogen) atoms. The molecular formula is C12H18O4. The van der Waals surface area contributed by atoms with Crippen LogP contribution >= 0.6 is 0 Å². The van der Waals surface area contributed by atoms with Gasteiger partial charge < -0.3 is 19.7 Å². The first-order valence-electron chi connectivity index (χ1n) is 5.10. The number of ether oxygens (including phenoxy) is 2. The molecule has 2 N–H and O–H groups in total. The molecule has 0 radical (unpaired) electrons. The summed E-state index contributed by atoms with van der Waals surface area (Å²) in [6.07, 6.45) is -1.80. The van der Waals surface area contributed by atoms with Crippen LogP contribution in [-0.2, 0) is 0 Å². The fraction of sp³-hybridized carbons (Fsp3) is 0.500. The topological polar surface area (TPSA) is 58.9 Å². The van der Waals surface area contributed by atoms with Gasteiger partial charge in [-0.1, -0.05) is 0 Å². The third kappa shape index (κ3) is 2.46. The second-order valence-electron chi connectivity index (χ2n) is 3.75. The van der Waals surface area contributed by atoms with Crippen LogP contribution in [0.15, 0.2) is 12.1 Å². The predicted octanol–water partition coefficient (Wildman–Crippen LogP) is 1.43. The SMILES string of the molecule is COc1cc(C)c(C(O)C(C)O)c(OC)c1. The summed E-state index contributed by atoms with van der Waals surface area (Å²) in [7, 11) is 3.09. The average molecular weight is 226 g/mol. The van der Waals surface area contributed by atoms with Crippen molar-refractivity contribution in [3.63, 3.8) is 0 Å². The lowest BCUT2D eigenvalue weighted by Crippen LogP contribution is -2.16. The minimum atomic E-state index is -0.958. The summed E-state index contributed by atoms with van der Waals surface area (Å²) in [4.78, 5) is 0. The number of aliphatic hydroxyl groups is 2. The third-order valence-electron chi connectivity index (χ3n) is 2.53. The van der Waals surface area contributed by atoms with Crippen molar-refractivity contribution in [2.75, 3.05) is 14.2 Å². The van der Waals surface area contributed by atoms with Crippen LogP contribution in [0, 0.1) is 6.92 Å². The largest absolute Gasteiger partial charge is 0.497 e. The first kappa shape index (κ1) is 12.8. The van der Waals surface area contributed by atoms with Crippen LogP contribution in [0.2, 0.25) is 0 Å². The molecule has 1 rings (SSSR count). The van der Waals surface area contributed by atoms with Crippen LogP contribution in [0.25, 0.3) is 0 Å². The highest BCUT2D eigenvalue weighted by molar-refractivity contribution is 5.47. The standard InChI is InChI=1S/C12H18O4/c1-7-5-9(15-3)6-10(16-4)11(7)12(14)8(2)13/h5-6,8,12-14H,1-4H3. The third-order valence-corrected chi connectivity index (χ3v) is 2.53. The Morgan fingerprint density at radius 3 is 2.19 bits per heavy atom. The van der Waals surface area contributed by atoms with Crippen molar-refractivity contribution in [1.82, 2.24) is 0 Å². The lowest BCUT2D eigenvalue weighted by atomic mass is 9.98. The van der Waals surface area contributed by atoms with E-state index in [9.17, 15) is 10.2 Å². The monoisotopic (exact) mass is 226 g/mol. The summed E-state index contributed by atoms with van der Waals surface area (Å²) < 4.78 is 10.3. The van der Waals surface area contributed by atoms with Crippen LogP contribution in [0.5, 0.6) is 11.5 Å². The van der Waals surface area contributed by atoms with Gasteiger partial charge in [0.2, 0.25) is 0 Å². The van der Waals surface area contributed by atoms with Gasteiger partial charge in [0.25, 0.3) is 0 Å². The van der Waals surface area contributed by atoms with Crippen molar-refractivity contribution < 1.29 is 19.7 Å². The lowest BCUT2D eigenvalue weighted by Gasteiger charge is -2.20. The summed E-state index contributed by atoms with van der Waals surface area (Å²) in [6, 6.07) is 3.48. The van der Waals surface area contributed by atoms with Crippen molar-refractivity contribution >= 4 is 0 Å². The molecule has 4 nitrogen and oxygen atoms in total. The maximum atomic E-state index is 9.88. The minimum absolute atomic E-state index is 0.519. The Bertz CT molecular complexity index is 360. The molecule has 1 aromatic rings. The minimum Gasteiger partial charge on any atom is -0.497 e. The van der Waals surface area contributed by atoms with Crippen LogP contribution in [0.4, 0.5) is 0 Å². The van der Waals surface area contributed by atoms with Gasteiger partial charge in [-0.25, -0.2) is 0 Å². The molecule has 0 amide bonds. The number of hydrogen-bond acceptors (Lipinski definition) is 4. The summed E-state index contributed by atoms with van der Waals surface area (Å²) in [5.74, 6) is 1.18. The summed E-state index contributed by atoms with van der Waals surface area (Å²) >= 11 is 0. The second-order valence-corrected chi connectivity index (χ2v) is 3.75. The highest BCUT2D eigenvalue weighted by Crippen LogP contribution is 2.34. The predicted molar refractivity (Wildman–Crippen MR) is 60.9 cm³/mol. The number of methoxy groups -OCH3 is 2. The van der Waals surface area contributed by atoms with Gasteiger partial charge in [-0.15, -0.1) is 0 Å². The van der Waals surface area contributed by atoms with E-state index in [4.69, 9.17) is 9.47 Å². The zero-order valence-electron chi connectivity index (χ0n) is 10.0. The Kier molecular flexibility index (Phi) is 4.15. The van der Waals surface area contributed by atoms with Gasteiger partial charge in [-0.2, -0.15) is 0 Å². The molecule has 0 heterocycles. The van der Waals surface area contributed by atoms with Gasteiger partial charge in [0, 0.05) is 11.6 Å². The van der Waals surface area contributed by atoms with Gasteiger partial charge in [-0.05, 0) is 25.5 Å². The molecule has 0 aromatic heterocycles. The number of hydrogen-bond donors (Lipinski definition) is 2. The van der Waals surface area contributed by atoms with Crippen molar-refractivity contribution in [3.05, 3.63) is 23.3 Å². The van der Waals surface area contributed by atoms with Crippen LogP contribution in [0.3, 0.4) is 0 Å². The molecule has 2 atom stereocenters. The van der Waals surface area contributed by atoms with Gasteiger partial charge in [-0.3, -0.25) is 0 Å². The van der Waals surface area contributed by atoms with Crippen molar-refractivity contribution in [1.29, 1.82) is 0 Å². The van der Waals surface area contributed by atoms with E-state index in [1.807, 2.05) is 6.92 Å². The highest BCUT2D eigenvalue weighted by Gasteiger charge is 2.21. The molecule has 0 aliphatic carbocycles. The Hall–Kier alpha value is -1.26. The molecule has 0 fully saturated rings. The molecule has 0 saturated carbocycles. The van der Waals surface area contributed by atoms with E-state index < -0.39 is 12.2 Å². The van der Waals surface area contributed by atoms with Gasteiger partial charge in [0.05, 0.1) is 20.3 Å². The summed E-state index contributed by atoms with van der Waals surface area (Å²) in [5.41, 5.74) is 1.42. The quantitative estimate of drug-likeness (QED) is 0.815. The van der Waals surface area contributed by atoms with E-state index in [-0.39, 0.29) is 0 Å². The summed E-state index contributed by atoms with van der Waals surface area (Å²) in [6.45, 7) is 3.37. The highest BCUT2D eigenvalue weighted by atomic mass is 16.5. The second kappa shape index (κ2) is 5.18. The van der Waals surface area contributed by atoms with E-state index in [1.54, 1.807) is 19.2 Å². The molecule has 4 heteroatoms. The molecule has 2 unspecified atom stereocenters. The molecule has 0 spiro atoms. The van der Waals surface area contributed by atoms with Crippen LogP contribution in [0.1, 0.15) is 24.2 Å². The summed E-state index contributed by atoms with van der Waals surface area (Å²) in [5, 5.41) is 19.3. The zero-order valence-corrected chi connectivity index (χ0v) is 10.0. The van der Waals surface area contributed by atoms with Crippen molar-refractivity contribution in [2.24, 2.45) is 0 Å². The molecule has 0 saturated heterocycles. The van der Waals surface area contributed by atoms with Crippen LogP contribution < -0.4 is 9.47 Å². The Morgan fingerprint density at radius 2 is 1.75 bits per heavy atom. The van der Waals surface area contributed by atoms with Crippen LogP contribution in [-0.4, -0.2) is 30.5 Å². The normalized spacial score (nSPS) is 14.4. The first-order valence-corrected chi connectivity index (χ1v) is 5.10. The Labute approximate surface area is 95.4 Å².